The fourth-order valence-corrected chi connectivity index (χ4v) is 2.31. The summed E-state index contributed by atoms with van der Waals surface area (Å²) >= 11 is 0. The lowest BCUT2D eigenvalue weighted by Gasteiger charge is -2.28. The molecule has 0 unspecified atom stereocenters. The van der Waals surface area contributed by atoms with Gasteiger partial charge in [-0.05, 0) is 46.1 Å². The maximum Gasteiger partial charge on any atom is 0.220 e. The third kappa shape index (κ3) is 6.03. The molecule has 0 bridgehead atoms. The van der Waals surface area contributed by atoms with Crippen LogP contribution < -0.4 is 10.6 Å². The molecule has 2 N–H and O–H groups in total. The first-order valence-corrected chi connectivity index (χ1v) is 6.80. The second-order valence-corrected chi connectivity index (χ2v) is 4.71. The average molecular weight is 242 g/mol. The molecule has 0 aromatic carbocycles. The highest BCUT2D eigenvalue weighted by Gasteiger charge is 2.20. The van der Waals surface area contributed by atoms with Crippen LogP contribution in [0.3, 0.4) is 0 Å². The number of nitrogens with one attached hydrogen (secondary N) is 2. The minimum Gasteiger partial charge on any atom is -0.382 e. The lowest BCUT2D eigenvalue weighted by atomic mass is 9.91. The lowest BCUT2D eigenvalue weighted by molar-refractivity contribution is -0.122. The van der Waals surface area contributed by atoms with E-state index in [1.165, 1.54) is 12.8 Å². The number of hydrogen-bond acceptors (Lipinski definition) is 3. The molecule has 0 radical (unpaired) electrons. The Morgan fingerprint density at radius 1 is 1.24 bits per heavy atom. The highest BCUT2D eigenvalue weighted by molar-refractivity contribution is 5.76. The van der Waals surface area contributed by atoms with E-state index in [2.05, 4.69) is 10.6 Å². The Morgan fingerprint density at radius 3 is 2.47 bits per heavy atom. The van der Waals surface area contributed by atoms with Crippen molar-refractivity contribution in [3.05, 3.63) is 0 Å². The zero-order chi connectivity index (χ0) is 12.5. The van der Waals surface area contributed by atoms with Crippen molar-refractivity contribution >= 4 is 5.91 Å². The number of hydrogen-bond donors (Lipinski definition) is 2. The third-order valence-electron chi connectivity index (χ3n) is 3.40. The molecule has 100 valence electrons. The quantitative estimate of drug-likeness (QED) is 0.664. The standard InChI is InChI=1S/C13H26N2O2/c1-3-17-10-4-5-13(16)15-12-8-6-11(14-2)7-9-12/h11-12,14H,3-10H2,1-2H3,(H,15,16). The van der Waals surface area contributed by atoms with Gasteiger partial charge >= 0.3 is 0 Å². The van der Waals surface area contributed by atoms with Crippen LogP contribution in [0, 0.1) is 0 Å². The van der Waals surface area contributed by atoms with E-state index in [0.29, 0.717) is 25.1 Å². The highest BCUT2D eigenvalue weighted by Crippen LogP contribution is 2.18. The molecular formula is C13H26N2O2. The monoisotopic (exact) mass is 242 g/mol. The SMILES string of the molecule is CCOCCCC(=O)NC1CCC(NC)CC1. The van der Waals surface area contributed by atoms with Crippen molar-refractivity contribution in [2.75, 3.05) is 20.3 Å². The fourth-order valence-electron chi connectivity index (χ4n) is 2.31. The molecule has 0 aliphatic heterocycles. The second kappa shape index (κ2) is 8.48. The third-order valence-corrected chi connectivity index (χ3v) is 3.40. The average Bonchev–Trinajstić information content (AvgIpc) is 2.36. The molecule has 0 spiro atoms. The maximum absolute atomic E-state index is 11.6. The number of rotatable bonds is 7. The Hall–Kier alpha value is -0.610. The Labute approximate surface area is 104 Å². The van der Waals surface area contributed by atoms with Gasteiger partial charge in [0.05, 0.1) is 0 Å². The van der Waals surface area contributed by atoms with Crippen LogP contribution in [0.1, 0.15) is 45.4 Å². The summed E-state index contributed by atoms with van der Waals surface area (Å²) in [7, 11) is 2.01. The van der Waals surface area contributed by atoms with Crippen molar-refractivity contribution in [3.8, 4) is 0 Å². The number of carbonyl (C=O) groups excluding carboxylic acids is 1. The van der Waals surface area contributed by atoms with Gasteiger partial charge in [-0.1, -0.05) is 0 Å². The molecule has 1 saturated carbocycles. The van der Waals surface area contributed by atoms with Crippen LogP contribution in [0.4, 0.5) is 0 Å². The molecule has 4 nitrogen and oxygen atoms in total. The van der Waals surface area contributed by atoms with Crippen LogP contribution in [-0.2, 0) is 9.53 Å². The van der Waals surface area contributed by atoms with E-state index < -0.39 is 0 Å². The molecule has 1 rings (SSSR count). The largest absolute Gasteiger partial charge is 0.382 e. The highest BCUT2D eigenvalue weighted by atomic mass is 16.5. The molecule has 0 heterocycles. The number of carbonyl (C=O) groups is 1. The van der Waals surface area contributed by atoms with E-state index in [-0.39, 0.29) is 5.91 Å². The van der Waals surface area contributed by atoms with Gasteiger partial charge in [0.25, 0.3) is 0 Å². The van der Waals surface area contributed by atoms with Gasteiger partial charge in [0, 0.05) is 31.7 Å². The van der Waals surface area contributed by atoms with E-state index in [1.54, 1.807) is 0 Å². The summed E-state index contributed by atoms with van der Waals surface area (Å²) in [5.74, 6) is 0.178. The predicted octanol–water partition coefficient (Wildman–Crippen LogP) is 1.45. The minimum absolute atomic E-state index is 0.178. The summed E-state index contributed by atoms with van der Waals surface area (Å²) in [6.07, 6.45) is 5.95. The van der Waals surface area contributed by atoms with Gasteiger partial charge < -0.3 is 15.4 Å². The zero-order valence-electron chi connectivity index (χ0n) is 11.1. The molecule has 0 atom stereocenters. The number of ether oxygens (including phenoxy) is 1. The van der Waals surface area contributed by atoms with E-state index in [1.807, 2.05) is 14.0 Å². The fraction of sp³-hybridized carbons (Fsp3) is 0.923. The van der Waals surface area contributed by atoms with Crippen molar-refractivity contribution < 1.29 is 9.53 Å². The van der Waals surface area contributed by atoms with E-state index >= 15 is 0 Å². The van der Waals surface area contributed by atoms with Crippen LogP contribution in [0.25, 0.3) is 0 Å². The lowest BCUT2D eigenvalue weighted by Crippen LogP contribution is -2.41. The first-order valence-electron chi connectivity index (χ1n) is 6.80. The van der Waals surface area contributed by atoms with Gasteiger partial charge in [0.15, 0.2) is 0 Å². The summed E-state index contributed by atoms with van der Waals surface area (Å²) in [6.45, 7) is 3.40. The van der Waals surface area contributed by atoms with Crippen molar-refractivity contribution in [1.82, 2.24) is 10.6 Å². The molecule has 4 heteroatoms. The zero-order valence-corrected chi connectivity index (χ0v) is 11.1. The van der Waals surface area contributed by atoms with Gasteiger partial charge in [-0.15, -0.1) is 0 Å². The van der Waals surface area contributed by atoms with E-state index in [4.69, 9.17) is 4.74 Å². The second-order valence-electron chi connectivity index (χ2n) is 4.71. The van der Waals surface area contributed by atoms with Crippen LogP contribution in [0.2, 0.25) is 0 Å². The molecular weight excluding hydrogens is 216 g/mol. The normalized spacial score (nSPS) is 24.6. The van der Waals surface area contributed by atoms with Gasteiger partial charge in [-0.25, -0.2) is 0 Å². The minimum atomic E-state index is 0.178. The van der Waals surface area contributed by atoms with Crippen molar-refractivity contribution in [1.29, 1.82) is 0 Å². The Bertz CT molecular complexity index is 213. The topological polar surface area (TPSA) is 50.4 Å². The molecule has 1 fully saturated rings. The Kier molecular flexibility index (Phi) is 7.21. The van der Waals surface area contributed by atoms with Gasteiger partial charge in [-0.3, -0.25) is 4.79 Å². The summed E-state index contributed by atoms with van der Waals surface area (Å²) in [4.78, 5) is 11.6. The Morgan fingerprint density at radius 2 is 1.88 bits per heavy atom. The molecule has 1 aliphatic carbocycles. The van der Waals surface area contributed by atoms with Crippen molar-refractivity contribution in [2.24, 2.45) is 0 Å². The van der Waals surface area contributed by atoms with Gasteiger partial charge in [-0.2, -0.15) is 0 Å². The smallest absolute Gasteiger partial charge is 0.220 e. The summed E-state index contributed by atoms with van der Waals surface area (Å²) in [5, 5.41) is 6.42. The maximum atomic E-state index is 11.6. The molecule has 0 saturated heterocycles. The van der Waals surface area contributed by atoms with Gasteiger partial charge in [0.1, 0.15) is 0 Å². The first-order chi connectivity index (χ1) is 8.26. The number of amides is 1. The van der Waals surface area contributed by atoms with E-state index in [0.717, 1.165) is 25.9 Å². The molecule has 0 aromatic heterocycles. The first kappa shape index (κ1) is 14.5. The van der Waals surface area contributed by atoms with Crippen LogP contribution in [-0.4, -0.2) is 38.3 Å². The van der Waals surface area contributed by atoms with Crippen molar-refractivity contribution in [2.45, 2.75) is 57.5 Å². The molecule has 1 aliphatic rings. The van der Waals surface area contributed by atoms with Gasteiger partial charge in [0.2, 0.25) is 5.91 Å². The van der Waals surface area contributed by atoms with Crippen LogP contribution in [0.15, 0.2) is 0 Å². The predicted molar refractivity (Wildman–Crippen MR) is 69.0 cm³/mol. The van der Waals surface area contributed by atoms with Crippen LogP contribution in [0.5, 0.6) is 0 Å². The van der Waals surface area contributed by atoms with Crippen LogP contribution >= 0.6 is 0 Å². The summed E-state index contributed by atoms with van der Waals surface area (Å²) in [5.41, 5.74) is 0. The molecule has 1 amide bonds. The Balaban J connectivity index is 2.06. The molecule has 0 aromatic rings. The van der Waals surface area contributed by atoms with Crippen molar-refractivity contribution in [3.63, 3.8) is 0 Å². The van der Waals surface area contributed by atoms with E-state index in [9.17, 15) is 4.79 Å². The molecule has 17 heavy (non-hydrogen) atoms. The summed E-state index contributed by atoms with van der Waals surface area (Å²) in [6, 6.07) is 1.03. The summed E-state index contributed by atoms with van der Waals surface area (Å²) < 4.78 is 5.21.